The van der Waals surface area contributed by atoms with Gasteiger partial charge < -0.3 is 9.88 Å². The first-order chi connectivity index (χ1) is 9.99. The number of hydrogen-bond acceptors (Lipinski definition) is 4. The van der Waals surface area contributed by atoms with Gasteiger partial charge in [-0.3, -0.25) is 10.1 Å². The minimum absolute atomic E-state index is 0.211. The van der Waals surface area contributed by atoms with Crippen LogP contribution in [-0.4, -0.2) is 20.5 Å². The highest BCUT2D eigenvalue weighted by Gasteiger charge is 2.17. The molecule has 1 aromatic carbocycles. The van der Waals surface area contributed by atoms with E-state index in [0.29, 0.717) is 12.6 Å². The van der Waals surface area contributed by atoms with Crippen LogP contribution < -0.4 is 5.32 Å². The van der Waals surface area contributed by atoms with Crippen LogP contribution >= 0.6 is 0 Å². The molecule has 0 spiro atoms. The molecule has 1 heterocycles. The van der Waals surface area contributed by atoms with Crippen LogP contribution in [0.15, 0.2) is 30.6 Å². The van der Waals surface area contributed by atoms with Crippen LogP contribution in [0.3, 0.4) is 0 Å². The summed E-state index contributed by atoms with van der Waals surface area (Å²) >= 11 is 0. The van der Waals surface area contributed by atoms with E-state index < -0.39 is 16.4 Å². The molecule has 0 aliphatic carbocycles. The zero-order valence-corrected chi connectivity index (χ0v) is 11.9. The summed E-state index contributed by atoms with van der Waals surface area (Å²) in [6, 6.07) is 4.50. The number of benzene rings is 1. The smallest absolute Gasteiger partial charge is 0.305 e. The molecule has 112 valence electrons. The maximum atomic E-state index is 14.1. The lowest BCUT2D eigenvalue weighted by Gasteiger charge is -2.11. The molecular weight excluding hydrogens is 275 g/mol. The highest BCUT2D eigenvalue weighted by molar-refractivity contribution is 5.36. The van der Waals surface area contributed by atoms with Crippen molar-refractivity contribution in [3.8, 4) is 0 Å². The van der Waals surface area contributed by atoms with Crippen molar-refractivity contribution in [2.24, 2.45) is 0 Å². The van der Waals surface area contributed by atoms with Gasteiger partial charge in [-0.2, -0.15) is 4.39 Å². The molecule has 7 heteroatoms. The van der Waals surface area contributed by atoms with E-state index in [0.717, 1.165) is 11.9 Å². The lowest BCUT2D eigenvalue weighted by Crippen LogP contribution is -2.24. The Labute approximate surface area is 121 Å². The van der Waals surface area contributed by atoms with Gasteiger partial charge in [0.05, 0.1) is 18.0 Å². The van der Waals surface area contributed by atoms with Crippen molar-refractivity contribution >= 4 is 5.69 Å². The Bertz CT molecular complexity index is 640. The second-order valence-corrected chi connectivity index (χ2v) is 5.01. The summed E-state index contributed by atoms with van der Waals surface area (Å²) in [7, 11) is 0. The summed E-state index contributed by atoms with van der Waals surface area (Å²) in [6.45, 7) is 4.81. The van der Waals surface area contributed by atoms with E-state index in [1.54, 1.807) is 23.0 Å². The van der Waals surface area contributed by atoms with Gasteiger partial charge in [0.15, 0.2) is 0 Å². The van der Waals surface area contributed by atoms with Crippen molar-refractivity contribution < 1.29 is 9.31 Å². The zero-order valence-electron chi connectivity index (χ0n) is 11.9. The summed E-state index contributed by atoms with van der Waals surface area (Å²) < 4.78 is 15.8. The fraction of sp³-hybridized carbons (Fsp3) is 0.357. The second kappa shape index (κ2) is 6.45. The molecule has 0 saturated heterocycles. The lowest BCUT2D eigenvalue weighted by molar-refractivity contribution is -0.387. The molecular formula is C14H17FN4O2. The lowest BCUT2D eigenvalue weighted by atomic mass is 10.2. The van der Waals surface area contributed by atoms with E-state index in [9.17, 15) is 14.5 Å². The van der Waals surface area contributed by atoms with E-state index in [1.165, 1.54) is 6.07 Å². The molecule has 0 aliphatic heterocycles. The number of nitro groups is 1. The average molecular weight is 292 g/mol. The number of nitro benzene ring substituents is 1. The molecule has 2 rings (SSSR count). The monoisotopic (exact) mass is 292 g/mol. The van der Waals surface area contributed by atoms with Crippen LogP contribution in [0.25, 0.3) is 0 Å². The number of halogens is 1. The van der Waals surface area contributed by atoms with Crippen molar-refractivity contribution in [1.82, 2.24) is 14.9 Å². The fourth-order valence-electron chi connectivity index (χ4n) is 1.96. The number of aromatic nitrogens is 2. The topological polar surface area (TPSA) is 73.0 Å². The first kappa shape index (κ1) is 15.1. The minimum Gasteiger partial charge on any atom is -0.329 e. The average Bonchev–Trinajstić information content (AvgIpc) is 2.85. The molecule has 6 nitrogen and oxygen atoms in total. The molecule has 0 amide bonds. The highest BCUT2D eigenvalue weighted by Crippen LogP contribution is 2.21. The van der Waals surface area contributed by atoms with Gasteiger partial charge in [-0.1, -0.05) is 26.0 Å². The third kappa shape index (κ3) is 3.63. The van der Waals surface area contributed by atoms with Gasteiger partial charge in [-0.15, -0.1) is 0 Å². The largest absolute Gasteiger partial charge is 0.329 e. The number of rotatable bonds is 6. The molecule has 0 aliphatic rings. The zero-order chi connectivity index (χ0) is 15.4. The standard InChI is InChI=1S/C14H17FN4O2/c1-10(2)17-8-13-16-6-7-18(13)9-11-4-3-5-12(14(11)15)19(20)21/h3-7,10,17H,8-9H2,1-2H3. The van der Waals surface area contributed by atoms with E-state index in [4.69, 9.17) is 0 Å². The molecule has 0 fully saturated rings. The first-order valence-corrected chi connectivity index (χ1v) is 6.64. The van der Waals surface area contributed by atoms with Gasteiger partial charge in [0.1, 0.15) is 5.82 Å². The van der Waals surface area contributed by atoms with E-state index in [1.807, 2.05) is 13.8 Å². The van der Waals surface area contributed by atoms with Gasteiger partial charge in [0, 0.05) is 30.1 Å². The van der Waals surface area contributed by atoms with Crippen LogP contribution in [0.5, 0.6) is 0 Å². The molecule has 21 heavy (non-hydrogen) atoms. The summed E-state index contributed by atoms with van der Waals surface area (Å²) in [5.74, 6) is -0.0337. The molecule has 1 N–H and O–H groups in total. The second-order valence-electron chi connectivity index (χ2n) is 5.01. The van der Waals surface area contributed by atoms with Crippen molar-refractivity contribution in [3.63, 3.8) is 0 Å². The van der Waals surface area contributed by atoms with Crippen LogP contribution in [0.2, 0.25) is 0 Å². The Morgan fingerprint density at radius 2 is 2.24 bits per heavy atom. The Morgan fingerprint density at radius 3 is 2.90 bits per heavy atom. The summed E-state index contributed by atoms with van der Waals surface area (Å²) in [5.41, 5.74) is -0.234. The number of hydrogen-bond donors (Lipinski definition) is 1. The number of nitrogens with zero attached hydrogens (tertiary/aromatic N) is 3. The Hall–Kier alpha value is -2.28. The molecule has 1 aromatic heterocycles. The highest BCUT2D eigenvalue weighted by atomic mass is 19.1. The molecule has 0 saturated carbocycles. The van der Waals surface area contributed by atoms with Gasteiger partial charge in [0.2, 0.25) is 5.82 Å². The van der Waals surface area contributed by atoms with Crippen LogP contribution in [0.4, 0.5) is 10.1 Å². The van der Waals surface area contributed by atoms with E-state index in [-0.39, 0.29) is 12.1 Å². The van der Waals surface area contributed by atoms with Gasteiger partial charge in [-0.25, -0.2) is 4.98 Å². The molecule has 0 bridgehead atoms. The Kier molecular flexibility index (Phi) is 4.64. The van der Waals surface area contributed by atoms with E-state index in [2.05, 4.69) is 10.3 Å². The third-order valence-electron chi connectivity index (χ3n) is 3.07. The summed E-state index contributed by atoms with van der Waals surface area (Å²) in [6.07, 6.45) is 3.36. The van der Waals surface area contributed by atoms with Crippen molar-refractivity contribution in [1.29, 1.82) is 0 Å². The Morgan fingerprint density at radius 1 is 1.48 bits per heavy atom. The summed E-state index contributed by atoms with van der Waals surface area (Å²) in [5, 5.41) is 14.0. The van der Waals surface area contributed by atoms with Crippen LogP contribution in [0, 0.1) is 15.9 Å². The van der Waals surface area contributed by atoms with Gasteiger partial charge in [-0.05, 0) is 0 Å². The number of imidazole rings is 1. The SMILES string of the molecule is CC(C)NCc1nccn1Cc1cccc([N+](=O)[O-])c1F. The molecule has 0 radical (unpaired) electrons. The molecule has 0 atom stereocenters. The van der Waals surface area contributed by atoms with Crippen LogP contribution in [0.1, 0.15) is 25.2 Å². The summed E-state index contributed by atoms with van der Waals surface area (Å²) in [4.78, 5) is 14.3. The minimum atomic E-state index is -0.793. The van der Waals surface area contributed by atoms with Crippen molar-refractivity contribution in [2.75, 3.05) is 0 Å². The molecule has 2 aromatic rings. The normalized spacial score (nSPS) is 11.0. The maximum Gasteiger partial charge on any atom is 0.305 e. The predicted octanol–water partition coefficient (Wildman–Crippen LogP) is 2.48. The maximum absolute atomic E-state index is 14.1. The fourth-order valence-corrected chi connectivity index (χ4v) is 1.96. The van der Waals surface area contributed by atoms with Gasteiger partial charge >= 0.3 is 5.69 Å². The first-order valence-electron chi connectivity index (χ1n) is 6.64. The number of nitrogens with one attached hydrogen (secondary N) is 1. The van der Waals surface area contributed by atoms with Crippen molar-refractivity contribution in [2.45, 2.75) is 33.0 Å². The Balaban J connectivity index is 2.21. The van der Waals surface area contributed by atoms with Gasteiger partial charge in [0.25, 0.3) is 0 Å². The quantitative estimate of drug-likeness (QED) is 0.655. The van der Waals surface area contributed by atoms with E-state index >= 15 is 0 Å². The predicted molar refractivity (Wildman–Crippen MR) is 76.4 cm³/mol. The van der Waals surface area contributed by atoms with Crippen LogP contribution in [-0.2, 0) is 13.1 Å². The van der Waals surface area contributed by atoms with Crippen molar-refractivity contribution in [3.05, 3.63) is 57.9 Å². The third-order valence-corrected chi connectivity index (χ3v) is 3.07. The molecule has 0 unspecified atom stereocenters.